The zero-order valence-corrected chi connectivity index (χ0v) is 16.3. The fourth-order valence-corrected chi connectivity index (χ4v) is 3.59. The molecule has 0 radical (unpaired) electrons. The molecule has 0 saturated carbocycles. The molecule has 0 bridgehead atoms. The van der Waals surface area contributed by atoms with Crippen molar-refractivity contribution in [3.8, 4) is 23.4 Å². The van der Waals surface area contributed by atoms with Gasteiger partial charge >= 0.3 is 5.97 Å². The molecule has 3 N–H and O–H groups in total. The third kappa shape index (κ3) is 3.02. The first-order valence-electron chi connectivity index (χ1n) is 9.09. The molecule has 2 aromatic carbocycles. The van der Waals surface area contributed by atoms with Crippen LogP contribution in [-0.2, 0) is 0 Å². The number of benzene rings is 2. The van der Waals surface area contributed by atoms with Crippen LogP contribution in [0.4, 0.5) is 0 Å². The molecule has 0 spiro atoms. The quantitative estimate of drug-likeness (QED) is 0.687. The van der Waals surface area contributed by atoms with Crippen molar-refractivity contribution in [3.05, 3.63) is 82.4 Å². The second-order valence-corrected chi connectivity index (χ2v) is 6.77. The van der Waals surface area contributed by atoms with Gasteiger partial charge in [-0.1, -0.05) is 18.2 Å². The second-order valence-electron chi connectivity index (χ2n) is 6.77. The molecule has 1 aliphatic heterocycles. The zero-order valence-electron chi connectivity index (χ0n) is 16.3. The van der Waals surface area contributed by atoms with Crippen molar-refractivity contribution in [1.29, 1.82) is 5.26 Å². The number of aromatic carboxylic acids is 1. The van der Waals surface area contributed by atoms with Crippen LogP contribution in [0.1, 0.15) is 33.1 Å². The highest BCUT2D eigenvalue weighted by atomic mass is 16.5. The van der Waals surface area contributed by atoms with Crippen LogP contribution in [0, 0.1) is 18.3 Å². The number of fused-ring (bicyclic) bond motifs is 1. The topological polar surface area (TPSA) is 123 Å². The van der Waals surface area contributed by atoms with E-state index in [4.69, 9.17) is 15.2 Å². The summed E-state index contributed by atoms with van der Waals surface area (Å²) in [6, 6.07) is 15.9. The monoisotopic (exact) mass is 402 g/mol. The van der Waals surface area contributed by atoms with E-state index >= 15 is 0 Å². The standard InChI is InChI=1S/C22H18N4O4/c1-12-18-19(13-6-8-16(29-2)9-7-13)17(11-23)20(24)30-21(18)26(25-12)15-5-3-4-14(10-15)22(27)28/h3-10,19H,24H2,1-2H3,(H,27,28). The summed E-state index contributed by atoms with van der Waals surface area (Å²) in [5.74, 6) is -0.480. The molecule has 1 unspecified atom stereocenters. The molecule has 8 nitrogen and oxygen atoms in total. The normalized spacial score (nSPS) is 15.2. The van der Waals surface area contributed by atoms with Gasteiger partial charge in [0.2, 0.25) is 11.8 Å². The van der Waals surface area contributed by atoms with Crippen molar-refractivity contribution in [1.82, 2.24) is 9.78 Å². The highest BCUT2D eigenvalue weighted by Crippen LogP contribution is 2.44. The van der Waals surface area contributed by atoms with Crippen molar-refractivity contribution in [2.24, 2.45) is 5.73 Å². The van der Waals surface area contributed by atoms with E-state index in [1.54, 1.807) is 19.2 Å². The van der Waals surface area contributed by atoms with Gasteiger partial charge in [-0.15, -0.1) is 0 Å². The average Bonchev–Trinajstić information content (AvgIpc) is 3.08. The molecule has 1 atom stereocenters. The summed E-state index contributed by atoms with van der Waals surface area (Å²) in [5.41, 5.74) is 9.20. The lowest BCUT2D eigenvalue weighted by atomic mass is 9.84. The average molecular weight is 402 g/mol. The van der Waals surface area contributed by atoms with Crippen molar-refractivity contribution < 1.29 is 19.4 Å². The fourth-order valence-electron chi connectivity index (χ4n) is 3.59. The van der Waals surface area contributed by atoms with Gasteiger partial charge in [0.05, 0.1) is 35.5 Å². The Bertz CT molecular complexity index is 1220. The maximum absolute atomic E-state index is 11.4. The number of carboxylic acids is 1. The van der Waals surface area contributed by atoms with Gasteiger partial charge in [0.15, 0.2) is 0 Å². The van der Waals surface area contributed by atoms with Crippen LogP contribution in [0.15, 0.2) is 60.0 Å². The maximum atomic E-state index is 11.4. The van der Waals surface area contributed by atoms with E-state index < -0.39 is 11.9 Å². The molecule has 1 aromatic heterocycles. The number of hydrogen-bond donors (Lipinski definition) is 2. The number of hydrogen-bond acceptors (Lipinski definition) is 6. The van der Waals surface area contributed by atoms with Gasteiger partial charge in [-0.05, 0) is 42.8 Å². The lowest BCUT2D eigenvalue weighted by Gasteiger charge is -2.25. The number of rotatable bonds is 4. The molecule has 8 heteroatoms. The summed E-state index contributed by atoms with van der Waals surface area (Å²) >= 11 is 0. The van der Waals surface area contributed by atoms with Crippen molar-refractivity contribution in [2.45, 2.75) is 12.8 Å². The molecule has 0 saturated heterocycles. The van der Waals surface area contributed by atoms with Crippen LogP contribution in [-0.4, -0.2) is 28.0 Å². The van der Waals surface area contributed by atoms with Gasteiger partial charge in [0, 0.05) is 0 Å². The molecule has 30 heavy (non-hydrogen) atoms. The number of aryl methyl sites for hydroxylation is 1. The summed E-state index contributed by atoms with van der Waals surface area (Å²) < 4.78 is 12.5. The van der Waals surface area contributed by atoms with Gasteiger partial charge in [0.1, 0.15) is 17.4 Å². The van der Waals surface area contributed by atoms with Crippen LogP contribution in [0.2, 0.25) is 0 Å². The number of nitrogens with zero attached hydrogens (tertiary/aromatic N) is 3. The third-order valence-electron chi connectivity index (χ3n) is 5.02. The summed E-state index contributed by atoms with van der Waals surface area (Å²) in [5, 5.41) is 23.6. The number of methoxy groups -OCH3 is 1. The molecule has 0 amide bonds. The number of ether oxygens (including phenoxy) is 2. The first kappa shape index (κ1) is 19.1. The summed E-state index contributed by atoms with van der Waals surface area (Å²) in [6.07, 6.45) is 0. The summed E-state index contributed by atoms with van der Waals surface area (Å²) in [4.78, 5) is 11.4. The minimum absolute atomic E-state index is 0.0126. The van der Waals surface area contributed by atoms with Crippen LogP contribution >= 0.6 is 0 Å². The first-order chi connectivity index (χ1) is 14.4. The van der Waals surface area contributed by atoms with E-state index in [0.29, 0.717) is 28.6 Å². The van der Waals surface area contributed by atoms with E-state index in [2.05, 4.69) is 11.2 Å². The Labute approximate surface area is 172 Å². The van der Waals surface area contributed by atoms with Gasteiger partial charge in [-0.2, -0.15) is 10.4 Å². The van der Waals surface area contributed by atoms with Gasteiger partial charge in [-0.25, -0.2) is 9.48 Å². The van der Waals surface area contributed by atoms with Crippen molar-refractivity contribution >= 4 is 5.97 Å². The van der Waals surface area contributed by atoms with Gasteiger partial charge in [0.25, 0.3) is 0 Å². The second kappa shape index (κ2) is 7.29. The van der Waals surface area contributed by atoms with E-state index in [-0.39, 0.29) is 17.0 Å². The SMILES string of the molecule is COc1ccc(C2C(C#N)=C(N)Oc3c2c(C)nn3-c2cccc(C(=O)O)c2)cc1. The van der Waals surface area contributed by atoms with Crippen LogP contribution in [0.3, 0.4) is 0 Å². The van der Waals surface area contributed by atoms with E-state index in [1.165, 1.54) is 16.8 Å². The molecule has 0 aliphatic carbocycles. The molecule has 1 aliphatic rings. The zero-order chi connectivity index (χ0) is 21.4. The molecule has 2 heterocycles. The highest BCUT2D eigenvalue weighted by molar-refractivity contribution is 5.88. The maximum Gasteiger partial charge on any atom is 0.335 e. The Morgan fingerprint density at radius 3 is 2.67 bits per heavy atom. The largest absolute Gasteiger partial charge is 0.497 e. The predicted molar refractivity (Wildman–Crippen MR) is 108 cm³/mol. The Morgan fingerprint density at radius 1 is 1.30 bits per heavy atom. The van der Waals surface area contributed by atoms with Crippen LogP contribution in [0.5, 0.6) is 11.6 Å². The predicted octanol–water partition coefficient (Wildman–Crippen LogP) is 3.11. The van der Waals surface area contributed by atoms with E-state index in [9.17, 15) is 15.2 Å². The summed E-state index contributed by atoms with van der Waals surface area (Å²) in [7, 11) is 1.58. The third-order valence-corrected chi connectivity index (χ3v) is 5.02. The lowest BCUT2D eigenvalue weighted by Crippen LogP contribution is -2.22. The number of carboxylic acid groups (broad SMARTS) is 1. The first-order valence-corrected chi connectivity index (χ1v) is 9.09. The van der Waals surface area contributed by atoms with Gasteiger partial charge in [-0.3, -0.25) is 0 Å². The van der Waals surface area contributed by atoms with Crippen LogP contribution in [0.25, 0.3) is 5.69 Å². The molecule has 4 rings (SSSR count). The Morgan fingerprint density at radius 2 is 2.03 bits per heavy atom. The van der Waals surface area contributed by atoms with Crippen molar-refractivity contribution in [3.63, 3.8) is 0 Å². The molecular formula is C22H18N4O4. The minimum atomic E-state index is -1.04. The molecule has 0 fully saturated rings. The van der Waals surface area contributed by atoms with Gasteiger partial charge < -0.3 is 20.3 Å². The number of carbonyl (C=O) groups is 1. The number of nitrogens with two attached hydrogens (primary N) is 1. The van der Waals surface area contributed by atoms with E-state index in [0.717, 1.165) is 5.56 Å². The Kier molecular flexibility index (Phi) is 4.64. The van der Waals surface area contributed by atoms with E-state index in [1.807, 2.05) is 31.2 Å². The lowest BCUT2D eigenvalue weighted by molar-refractivity contribution is 0.0697. The minimum Gasteiger partial charge on any atom is -0.497 e. The Hall–Kier alpha value is -4.25. The smallest absolute Gasteiger partial charge is 0.335 e. The Balaban J connectivity index is 1.91. The molecular weight excluding hydrogens is 384 g/mol. The molecule has 3 aromatic rings. The summed E-state index contributed by atoms with van der Waals surface area (Å²) in [6.45, 7) is 1.81. The molecule has 150 valence electrons. The number of allylic oxidation sites excluding steroid dienone is 1. The fraction of sp³-hybridized carbons (Fsp3) is 0.136. The van der Waals surface area contributed by atoms with Crippen LogP contribution < -0.4 is 15.2 Å². The highest BCUT2D eigenvalue weighted by Gasteiger charge is 2.36. The number of nitriles is 1. The number of aromatic nitrogens is 2. The van der Waals surface area contributed by atoms with Crippen molar-refractivity contribution in [2.75, 3.05) is 7.11 Å².